The van der Waals surface area contributed by atoms with Crippen LogP contribution in [0.5, 0.6) is 0 Å². The van der Waals surface area contributed by atoms with Gasteiger partial charge >= 0.3 is 0 Å². The Bertz CT molecular complexity index is 1420. The highest BCUT2D eigenvalue weighted by Crippen LogP contribution is 2.27. The molecular formula is C27H32N6O4S. The molecule has 1 unspecified atom stereocenters. The molecule has 1 N–H and O–H groups in total. The zero-order valence-electron chi connectivity index (χ0n) is 21.4. The van der Waals surface area contributed by atoms with E-state index in [1.165, 1.54) is 18.7 Å². The van der Waals surface area contributed by atoms with Crippen LogP contribution in [0.25, 0.3) is 0 Å². The van der Waals surface area contributed by atoms with E-state index in [4.69, 9.17) is 0 Å². The van der Waals surface area contributed by atoms with Crippen molar-refractivity contribution in [3.63, 3.8) is 0 Å². The Balaban J connectivity index is 1.20. The van der Waals surface area contributed by atoms with Crippen LogP contribution in [-0.2, 0) is 39.0 Å². The Hall–Kier alpha value is -3.57. The van der Waals surface area contributed by atoms with Crippen molar-refractivity contribution < 1.29 is 18.0 Å². The first kappa shape index (κ1) is 26.1. The number of anilines is 1. The fourth-order valence-electron chi connectivity index (χ4n) is 5.14. The van der Waals surface area contributed by atoms with Crippen LogP contribution < -0.4 is 5.32 Å². The Morgan fingerprint density at radius 3 is 2.79 bits per heavy atom. The number of carbonyl (C=O) groups is 2. The van der Waals surface area contributed by atoms with Gasteiger partial charge in [0, 0.05) is 38.7 Å². The third kappa shape index (κ3) is 5.78. The van der Waals surface area contributed by atoms with Crippen LogP contribution in [0.1, 0.15) is 36.2 Å². The zero-order chi connectivity index (χ0) is 26.7. The molecule has 2 aliphatic heterocycles. The standard InChI is InChI=1S/C27H32N6O4S/c1-31(38(36,37)23-10-11-24-22(15-23)9-12-26(34)29-24)18-27(35)32-13-5-8-21(17-32)14-25-30-28-19-33(25)16-20-6-3-2-4-7-20/h2-4,6-7,10-11,15,19,21H,5,8-9,12-14,16-18H2,1H3,(H,29,34). The average Bonchev–Trinajstić information content (AvgIpc) is 3.35. The van der Waals surface area contributed by atoms with Crippen LogP contribution in [0.3, 0.4) is 0 Å². The number of benzene rings is 2. The van der Waals surface area contributed by atoms with Crippen LogP contribution in [0.15, 0.2) is 59.8 Å². The molecule has 0 saturated carbocycles. The number of fused-ring (bicyclic) bond motifs is 1. The van der Waals surface area contributed by atoms with E-state index in [0.717, 1.165) is 28.5 Å². The van der Waals surface area contributed by atoms with E-state index in [2.05, 4.69) is 27.6 Å². The van der Waals surface area contributed by atoms with E-state index < -0.39 is 10.0 Å². The van der Waals surface area contributed by atoms with E-state index in [1.54, 1.807) is 23.4 Å². The number of piperidine rings is 1. The first-order chi connectivity index (χ1) is 18.3. The molecular weight excluding hydrogens is 504 g/mol. The largest absolute Gasteiger partial charge is 0.341 e. The number of nitrogens with one attached hydrogen (secondary N) is 1. The summed E-state index contributed by atoms with van der Waals surface area (Å²) in [4.78, 5) is 26.6. The van der Waals surface area contributed by atoms with Gasteiger partial charge in [0.15, 0.2) is 0 Å². The summed E-state index contributed by atoms with van der Waals surface area (Å²) >= 11 is 0. The maximum atomic E-state index is 13.2. The van der Waals surface area contributed by atoms with Gasteiger partial charge in [0.1, 0.15) is 12.2 Å². The summed E-state index contributed by atoms with van der Waals surface area (Å²) in [5, 5.41) is 11.2. The maximum Gasteiger partial charge on any atom is 0.243 e. The van der Waals surface area contributed by atoms with E-state index in [1.807, 2.05) is 22.8 Å². The number of amides is 2. The number of aromatic nitrogens is 3. The molecule has 1 aromatic heterocycles. The quantitative estimate of drug-likeness (QED) is 0.472. The lowest BCUT2D eigenvalue weighted by Crippen LogP contribution is -2.46. The Morgan fingerprint density at radius 1 is 1.16 bits per heavy atom. The molecule has 2 aromatic carbocycles. The number of nitrogens with zero attached hydrogens (tertiary/aromatic N) is 5. The topological polar surface area (TPSA) is 118 Å². The molecule has 2 amide bonds. The number of hydrogen-bond donors (Lipinski definition) is 1. The van der Waals surface area contributed by atoms with Crippen molar-refractivity contribution in [2.24, 2.45) is 5.92 Å². The van der Waals surface area contributed by atoms with Crippen LogP contribution in [0, 0.1) is 5.92 Å². The minimum atomic E-state index is -3.86. The van der Waals surface area contributed by atoms with Gasteiger partial charge in [-0.15, -0.1) is 10.2 Å². The lowest BCUT2D eigenvalue weighted by atomic mass is 9.94. The van der Waals surface area contributed by atoms with Crippen molar-refractivity contribution in [3.05, 3.63) is 71.8 Å². The van der Waals surface area contributed by atoms with Gasteiger partial charge in [-0.3, -0.25) is 9.59 Å². The molecule has 0 aliphatic carbocycles. The van der Waals surface area contributed by atoms with Gasteiger partial charge in [-0.05, 0) is 54.5 Å². The van der Waals surface area contributed by atoms with E-state index >= 15 is 0 Å². The van der Waals surface area contributed by atoms with Gasteiger partial charge in [0.2, 0.25) is 21.8 Å². The highest BCUT2D eigenvalue weighted by atomic mass is 32.2. The van der Waals surface area contributed by atoms with E-state index in [-0.39, 0.29) is 29.2 Å². The van der Waals surface area contributed by atoms with Crippen LogP contribution >= 0.6 is 0 Å². The number of aryl methyl sites for hydroxylation is 1. The fraction of sp³-hybridized carbons (Fsp3) is 0.407. The normalized spacial score (nSPS) is 17.8. The fourth-order valence-corrected chi connectivity index (χ4v) is 6.31. The summed E-state index contributed by atoms with van der Waals surface area (Å²) in [6, 6.07) is 14.8. The van der Waals surface area contributed by atoms with Gasteiger partial charge in [-0.1, -0.05) is 30.3 Å². The van der Waals surface area contributed by atoms with Crippen LogP contribution in [0.4, 0.5) is 5.69 Å². The predicted molar refractivity (Wildman–Crippen MR) is 142 cm³/mol. The molecule has 1 fully saturated rings. The molecule has 1 saturated heterocycles. The number of likely N-dealkylation sites (N-methyl/N-ethyl adjacent to an activating group) is 1. The summed E-state index contributed by atoms with van der Waals surface area (Å²) in [6.45, 7) is 1.63. The predicted octanol–water partition coefficient (Wildman–Crippen LogP) is 2.31. The molecule has 3 aromatic rings. The Morgan fingerprint density at radius 2 is 1.97 bits per heavy atom. The lowest BCUT2D eigenvalue weighted by molar-refractivity contribution is -0.133. The Kier molecular flexibility index (Phi) is 7.57. The van der Waals surface area contributed by atoms with Gasteiger partial charge in [0.25, 0.3) is 0 Å². The summed E-state index contributed by atoms with van der Waals surface area (Å²) in [7, 11) is -2.43. The maximum absolute atomic E-state index is 13.2. The third-order valence-electron chi connectivity index (χ3n) is 7.27. The van der Waals surface area contributed by atoms with Gasteiger partial charge in [-0.25, -0.2) is 8.42 Å². The number of likely N-dealkylation sites (tertiary alicyclic amines) is 1. The highest BCUT2D eigenvalue weighted by Gasteiger charge is 2.30. The highest BCUT2D eigenvalue weighted by molar-refractivity contribution is 7.89. The van der Waals surface area contributed by atoms with E-state index in [9.17, 15) is 18.0 Å². The van der Waals surface area contributed by atoms with Crippen LogP contribution in [-0.4, -0.2) is 70.9 Å². The average molecular weight is 537 g/mol. The second kappa shape index (κ2) is 11.0. The first-order valence-electron chi connectivity index (χ1n) is 12.9. The summed E-state index contributed by atoms with van der Waals surface area (Å²) in [6.07, 6.45) is 5.09. The second-order valence-corrected chi connectivity index (χ2v) is 12.1. The molecule has 10 nitrogen and oxygen atoms in total. The molecule has 0 spiro atoms. The number of sulfonamides is 1. The van der Waals surface area contributed by atoms with E-state index in [0.29, 0.717) is 44.6 Å². The van der Waals surface area contributed by atoms with Crippen molar-refractivity contribution in [3.8, 4) is 0 Å². The molecule has 11 heteroatoms. The molecule has 200 valence electrons. The van der Waals surface area contributed by atoms with Crippen molar-refractivity contribution in [2.75, 3.05) is 32.0 Å². The summed E-state index contributed by atoms with van der Waals surface area (Å²) in [5.74, 6) is 0.824. The van der Waals surface area contributed by atoms with Crippen molar-refractivity contribution in [2.45, 2.75) is 43.5 Å². The minimum absolute atomic E-state index is 0.0768. The first-order valence-corrected chi connectivity index (χ1v) is 14.3. The summed E-state index contributed by atoms with van der Waals surface area (Å²) in [5.41, 5.74) is 2.59. The molecule has 2 aliphatic rings. The van der Waals surface area contributed by atoms with Crippen LogP contribution in [0.2, 0.25) is 0 Å². The number of hydrogen-bond acceptors (Lipinski definition) is 6. The molecule has 0 radical (unpaired) electrons. The van der Waals surface area contributed by atoms with Crippen molar-refractivity contribution in [1.29, 1.82) is 0 Å². The number of carbonyl (C=O) groups excluding carboxylic acids is 2. The van der Waals surface area contributed by atoms with Crippen molar-refractivity contribution in [1.82, 2.24) is 24.0 Å². The third-order valence-corrected chi connectivity index (χ3v) is 9.07. The van der Waals surface area contributed by atoms with Crippen molar-refractivity contribution >= 4 is 27.5 Å². The molecule has 3 heterocycles. The SMILES string of the molecule is CN(CC(=O)N1CCCC(Cc2nncn2Cc2ccccc2)C1)S(=O)(=O)c1ccc2c(c1)CCC(=O)N2. The minimum Gasteiger partial charge on any atom is -0.341 e. The molecule has 1 atom stereocenters. The molecule has 38 heavy (non-hydrogen) atoms. The lowest BCUT2D eigenvalue weighted by Gasteiger charge is -2.33. The smallest absolute Gasteiger partial charge is 0.243 e. The Labute approximate surface area is 222 Å². The van der Waals surface area contributed by atoms with Gasteiger partial charge in [-0.2, -0.15) is 4.31 Å². The summed E-state index contributed by atoms with van der Waals surface area (Å²) < 4.78 is 29.6. The monoisotopic (exact) mass is 536 g/mol. The van der Waals surface area contributed by atoms with Gasteiger partial charge < -0.3 is 14.8 Å². The molecule has 5 rings (SSSR count). The number of rotatable bonds is 8. The second-order valence-electron chi connectivity index (χ2n) is 10.0. The molecule has 0 bridgehead atoms. The zero-order valence-corrected chi connectivity index (χ0v) is 22.2. The van der Waals surface area contributed by atoms with Gasteiger partial charge in [0.05, 0.1) is 18.0 Å².